The number of rotatable bonds is 6. The van der Waals surface area contributed by atoms with Crippen molar-refractivity contribution in [1.82, 2.24) is 10.2 Å². The first kappa shape index (κ1) is 16.9. The molecule has 21 heavy (non-hydrogen) atoms. The van der Waals surface area contributed by atoms with Crippen LogP contribution in [-0.2, 0) is 0 Å². The monoisotopic (exact) mass is 297 g/mol. The maximum atomic E-state index is 13.2. The standard InChI is InChI=1S/C14H20FN3O3/c1-9(6-7-18(2)3)16-14(21)17-12-8-10(15)4-5-11(12)13(19)20/h4-5,8-9H,6-7H2,1-3H3,(H,19,20)(H2,16,17,21). The average Bonchev–Trinajstić information content (AvgIpc) is 2.35. The molecular formula is C14H20FN3O3. The molecule has 0 aliphatic heterocycles. The molecule has 7 heteroatoms. The van der Waals surface area contributed by atoms with Gasteiger partial charge >= 0.3 is 12.0 Å². The van der Waals surface area contributed by atoms with Crippen molar-refractivity contribution >= 4 is 17.7 Å². The predicted octanol–water partition coefficient (Wildman–Crippen LogP) is 1.99. The van der Waals surface area contributed by atoms with Crippen molar-refractivity contribution in [3.05, 3.63) is 29.6 Å². The van der Waals surface area contributed by atoms with Gasteiger partial charge in [0, 0.05) is 6.04 Å². The van der Waals surface area contributed by atoms with Crippen molar-refractivity contribution in [1.29, 1.82) is 0 Å². The van der Waals surface area contributed by atoms with Crippen LogP contribution >= 0.6 is 0 Å². The second-order valence-corrected chi connectivity index (χ2v) is 5.09. The van der Waals surface area contributed by atoms with Gasteiger partial charge in [0.25, 0.3) is 0 Å². The predicted molar refractivity (Wildman–Crippen MR) is 78.1 cm³/mol. The SMILES string of the molecule is CC(CCN(C)C)NC(=O)Nc1cc(F)ccc1C(=O)O. The van der Waals surface area contributed by atoms with Gasteiger partial charge in [0.2, 0.25) is 0 Å². The van der Waals surface area contributed by atoms with Gasteiger partial charge in [-0.3, -0.25) is 0 Å². The number of carboxylic acid groups (broad SMARTS) is 1. The Morgan fingerprint density at radius 1 is 1.38 bits per heavy atom. The van der Waals surface area contributed by atoms with E-state index >= 15 is 0 Å². The Morgan fingerprint density at radius 2 is 2.05 bits per heavy atom. The van der Waals surface area contributed by atoms with E-state index in [1.807, 2.05) is 25.9 Å². The van der Waals surface area contributed by atoms with Crippen LogP contribution in [0.5, 0.6) is 0 Å². The Hall–Kier alpha value is -2.15. The molecule has 0 spiro atoms. The summed E-state index contributed by atoms with van der Waals surface area (Å²) in [7, 11) is 3.86. The minimum absolute atomic E-state index is 0.0696. The maximum absolute atomic E-state index is 13.2. The molecule has 0 heterocycles. The Balaban J connectivity index is 2.66. The molecule has 3 N–H and O–H groups in total. The smallest absolute Gasteiger partial charge is 0.337 e. The number of urea groups is 1. The third-order valence-electron chi connectivity index (χ3n) is 2.85. The lowest BCUT2D eigenvalue weighted by Crippen LogP contribution is -2.38. The summed E-state index contributed by atoms with van der Waals surface area (Å²) in [6, 6.07) is 2.48. The van der Waals surface area contributed by atoms with Gasteiger partial charge in [0.1, 0.15) is 5.82 Å². The summed E-state index contributed by atoms with van der Waals surface area (Å²) in [5, 5.41) is 14.0. The molecule has 0 aromatic heterocycles. The number of carboxylic acids is 1. The molecule has 1 aromatic rings. The second kappa shape index (κ2) is 7.58. The minimum atomic E-state index is -1.23. The van der Waals surface area contributed by atoms with Crippen LogP contribution < -0.4 is 10.6 Å². The number of carbonyl (C=O) groups is 2. The molecule has 1 unspecified atom stereocenters. The highest BCUT2D eigenvalue weighted by molar-refractivity contribution is 6.00. The molecule has 0 aliphatic rings. The van der Waals surface area contributed by atoms with Crippen molar-refractivity contribution in [3.8, 4) is 0 Å². The molecule has 2 amide bonds. The van der Waals surface area contributed by atoms with Crippen molar-refractivity contribution < 1.29 is 19.1 Å². The fourth-order valence-corrected chi connectivity index (χ4v) is 1.71. The fraction of sp³-hybridized carbons (Fsp3) is 0.429. The number of aromatic carboxylic acids is 1. The van der Waals surface area contributed by atoms with Crippen LogP contribution in [-0.4, -0.2) is 48.7 Å². The number of hydrogen-bond donors (Lipinski definition) is 3. The van der Waals surface area contributed by atoms with Gasteiger partial charge in [-0.15, -0.1) is 0 Å². The summed E-state index contributed by atoms with van der Waals surface area (Å²) in [6.45, 7) is 2.65. The first-order chi connectivity index (χ1) is 9.79. The van der Waals surface area contributed by atoms with Crippen molar-refractivity contribution in [3.63, 3.8) is 0 Å². The largest absolute Gasteiger partial charge is 0.478 e. The van der Waals surface area contributed by atoms with Crippen LogP contribution in [0.15, 0.2) is 18.2 Å². The third-order valence-corrected chi connectivity index (χ3v) is 2.85. The van der Waals surface area contributed by atoms with Gasteiger partial charge in [0.15, 0.2) is 0 Å². The van der Waals surface area contributed by atoms with Gasteiger partial charge in [-0.25, -0.2) is 14.0 Å². The summed E-state index contributed by atoms with van der Waals surface area (Å²) in [5.41, 5.74) is -0.229. The van der Waals surface area contributed by atoms with Crippen LogP contribution in [0, 0.1) is 5.82 Å². The van der Waals surface area contributed by atoms with Gasteiger partial charge < -0.3 is 20.6 Å². The molecule has 0 bridgehead atoms. The van der Waals surface area contributed by atoms with E-state index in [2.05, 4.69) is 10.6 Å². The molecule has 1 atom stereocenters. The number of anilines is 1. The summed E-state index contributed by atoms with van der Waals surface area (Å²) in [4.78, 5) is 24.8. The van der Waals surface area contributed by atoms with Gasteiger partial charge in [-0.1, -0.05) is 0 Å². The number of benzene rings is 1. The molecule has 0 saturated heterocycles. The number of nitrogens with zero attached hydrogens (tertiary/aromatic N) is 1. The number of halogens is 1. The van der Waals surface area contributed by atoms with E-state index in [9.17, 15) is 14.0 Å². The van der Waals surface area contributed by atoms with E-state index in [-0.39, 0.29) is 17.3 Å². The lowest BCUT2D eigenvalue weighted by Gasteiger charge is -2.17. The topological polar surface area (TPSA) is 81.7 Å². The van der Waals surface area contributed by atoms with Crippen molar-refractivity contribution in [2.45, 2.75) is 19.4 Å². The lowest BCUT2D eigenvalue weighted by atomic mass is 10.1. The zero-order chi connectivity index (χ0) is 16.0. The normalized spacial score (nSPS) is 12.0. The summed E-state index contributed by atoms with van der Waals surface area (Å²) >= 11 is 0. The first-order valence-electron chi connectivity index (χ1n) is 6.54. The van der Waals surface area contributed by atoms with E-state index in [4.69, 9.17) is 5.11 Å². The quantitative estimate of drug-likeness (QED) is 0.750. The number of hydrogen-bond acceptors (Lipinski definition) is 3. The van der Waals surface area contributed by atoms with E-state index in [0.29, 0.717) is 0 Å². The molecular weight excluding hydrogens is 277 g/mol. The molecule has 1 rings (SSSR count). The molecule has 1 aromatic carbocycles. The fourth-order valence-electron chi connectivity index (χ4n) is 1.71. The molecule has 0 radical (unpaired) electrons. The number of amides is 2. The van der Waals surface area contributed by atoms with Gasteiger partial charge in [-0.2, -0.15) is 0 Å². The van der Waals surface area contributed by atoms with Crippen LogP contribution in [0.25, 0.3) is 0 Å². The Morgan fingerprint density at radius 3 is 2.62 bits per heavy atom. The molecule has 0 saturated carbocycles. The van der Waals surface area contributed by atoms with Crippen LogP contribution in [0.4, 0.5) is 14.9 Å². The van der Waals surface area contributed by atoms with Crippen LogP contribution in [0.2, 0.25) is 0 Å². The highest BCUT2D eigenvalue weighted by atomic mass is 19.1. The van der Waals surface area contributed by atoms with Crippen molar-refractivity contribution in [2.75, 3.05) is 26.0 Å². The van der Waals surface area contributed by atoms with Gasteiger partial charge in [0.05, 0.1) is 11.3 Å². The summed E-state index contributed by atoms with van der Waals surface area (Å²) < 4.78 is 13.2. The van der Waals surface area contributed by atoms with Crippen molar-refractivity contribution in [2.24, 2.45) is 0 Å². The lowest BCUT2D eigenvalue weighted by molar-refractivity contribution is 0.0698. The number of nitrogens with one attached hydrogen (secondary N) is 2. The minimum Gasteiger partial charge on any atom is -0.478 e. The van der Waals surface area contributed by atoms with Gasteiger partial charge in [-0.05, 0) is 52.2 Å². The van der Waals surface area contributed by atoms with Crippen LogP contribution in [0.1, 0.15) is 23.7 Å². The zero-order valence-corrected chi connectivity index (χ0v) is 12.3. The first-order valence-corrected chi connectivity index (χ1v) is 6.54. The average molecular weight is 297 g/mol. The summed E-state index contributed by atoms with van der Waals surface area (Å²) in [5.74, 6) is -1.85. The maximum Gasteiger partial charge on any atom is 0.337 e. The second-order valence-electron chi connectivity index (χ2n) is 5.09. The highest BCUT2D eigenvalue weighted by Crippen LogP contribution is 2.17. The Labute approximate surface area is 122 Å². The Kier molecular flexibility index (Phi) is 6.10. The number of carbonyl (C=O) groups excluding carboxylic acids is 1. The van der Waals surface area contributed by atoms with E-state index in [0.717, 1.165) is 31.2 Å². The molecule has 116 valence electrons. The highest BCUT2D eigenvalue weighted by Gasteiger charge is 2.14. The zero-order valence-electron chi connectivity index (χ0n) is 12.3. The summed E-state index contributed by atoms with van der Waals surface area (Å²) in [6.07, 6.45) is 0.745. The Bertz CT molecular complexity index is 520. The molecule has 0 fully saturated rings. The van der Waals surface area contributed by atoms with E-state index < -0.39 is 17.8 Å². The molecule has 6 nitrogen and oxygen atoms in total. The van der Waals surface area contributed by atoms with Crippen LogP contribution in [0.3, 0.4) is 0 Å². The van der Waals surface area contributed by atoms with E-state index in [1.54, 1.807) is 0 Å². The molecule has 0 aliphatic carbocycles. The third kappa shape index (κ3) is 5.78. The van der Waals surface area contributed by atoms with E-state index in [1.165, 1.54) is 0 Å².